The molecule has 0 saturated heterocycles. The van der Waals surface area contributed by atoms with Gasteiger partial charge in [0.05, 0.1) is 18.4 Å². The van der Waals surface area contributed by atoms with Crippen LogP contribution in [0, 0.1) is 17.2 Å². The minimum atomic E-state index is -0.657. The van der Waals surface area contributed by atoms with Crippen LogP contribution < -0.4 is 0 Å². The summed E-state index contributed by atoms with van der Waals surface area (Å²) in [5.74, 6) is -0.391. The molecule has 0 aromatic rings. The van der Waals surface area contributed by atoms with Crippen molar-refractivity contribution in [2.45, 2.75) is 39.7 Å². The topological polar surface area (TPSA) is 50.1 Å². The number of rotatable bonds is 3. The van der Waals surface area contributed by atoms with Gasteiger partial charge in [-0.1, -0.05) is 13.8 Å². The van der Waals surface area contributed by atoms with E-state index in [9.17, 15) is 4.79 Å². The maximum absolute atomic E-state index is 11.1. The minimum absolute atomic E-state index is 0.136. The molecule has 0 aliphatic rings. The lowest BCUT2D eigenvalue weighted by Crippen LogP contribution is -2.29. The average Bonchev–Trinajstić information content (AvgIpc) is 1.85. The van der Waals surface area contributed by atoms with Crippen LogP contribution in [-0.4, -0.2) is 11.6 Å². The summed E-state index contributed by atoms with van der Waals surface area (Å²) >= 11 is 0. The Balaban J connectivity index is 4.07. The molecule has 0 atom stereocenters. The second kappa shape index (κ2) is 4.10. The lowest BCUT2D eigenvalue weighted by Gasteiger charge is -2.23. The molecule has 68 valence electrons. The second-order valence-electron chi connectivity index (χ2n) is 3.67. The normalized spacial score (nSPS) is 11.0. The van der Waals surface area contributed by atoms with E-state index in [4.69, 9.17) is 10.00 Å². The van der Waals surface area contributed by atoms with Crippen molar-refractivity contribution in [2.75, 3.05) is 0 Å². The van der Waals surface area contributed by atoms with E-state index in [1.54, 1.807) is 27.7 Å². The Labute approximate surface area is 73.3 Å². The van der Waals surface area contributed by atoms with E-state index >= 15 is 0 Å². The molecule has 0 aromatic carbocycles. The first-order chi connectivity index (χ1) is 5.39. The SMILES string of the molecule is CC(C)C(=O)OC(C)(C)CC#N. The highest BCUT2D eigenvalue weighted by atomic mass is 16.6. The van der Waals surface area contributed by atoms with E-state index in [0.29, 0.717) is 0 Å². The zero-order valence-electron chi connectivity index (χ0n) is 8.05. The third kappa shape index (κ3) is 3.97. The number of nitriles is 1. The van der Waals surface area contributed by atoms with Crippen LogP contribution in [-0.2, 0) is 9.53 Å². The molecule has 0 spiro atoms. The van der Waals surface area contributed by atoms with Gasteiger partial charge in [-0.2, -0.15) is 5.26 Å². The number of ether oxygens (including phenoxy) is 1. The molecule has 0 heterocycles. The Kier molecular flexibility index (Phi) is 3.75. The number of nitrogens with zero attached hydrogens (tertiary/aromatic N) is 1. The Morgan fingerprint density at radius 1 is 1.58 bits per heavy atom. The highest BCUT2D eigenvalue weighted by molar-refractivity contribution is 5.71. The first-order valence-corrected chi connectivity index (χ1v) is 3.99. The summed E-state index contributed by atoms with van der Waals surface area (Å²) in [5, 5.41) is 8.41. The van der Waals surface area contributed by atoms with E-state index in [2.05, 4.69) is 0 Å². The summed E-state index contributed by atoms with van der Waals surface area (Å²) in [4.78, 5) is 11.1. The second-order valence-corrected chi connectivity index (χ2v) is 3.67. The molecule has 0 aliphatic carbocycles. The lowest BCUT2D eigenvalue weighted by molar-refractivity contribution is -0.159. The Morgan fingerprint density at radius 2 is 2.08 bits per heavy atom. The maximum atomic E-state index is 11.1. The standard InChI is InChI=1S/C9H15NO2/c1-7(2)8(11)12-9(3,4)5-6-10/h7H,5H2,1-4H3. The molecule has 3 heteroatoms. The van der Waals surface area contributed by atoms with Crippen LogP contribution in [0.25, 0.3) is 0 Å². The fourth-order valence-electron chi connectivity index (χ4n) is 0.617. The summed E-state index contributed by atoms with van der Waals surface area (Å²) in [5.41, 5.74) is -0.657. The van der Waals surface area contributed by atoms with Crippen molar-refractivity contribution < 1.29 is 9.53 Å². The smallest absolute Gasteiger partial charge is 0.308 e. The first kappa shape index (κ1) is 11.0. The van der Waals surface area contributed by atoms with Crippen molar-refractivity contribution in [3.63, 3.8) is 0 Å². The number of hydrogen-bond acceptors (Lipinski definition) is 3. The molecule has 0 N–H and O–H groups in total. The Bertz CT molecular complexity index is 201. The van der Waals surface area contributed by atoms with Gasteiger partial charge >= 0.3 is 5.97 Å². The molecule has 0 radical (unpaired) electrons. The van der Waals surface area contributed by atoms with Crippen molar-refractivity contribution in [1.82, 2.24) is 0 Å². The van der Waals surface area contributed by atoms with Crippen molar-refractivity contribution in [3.8, 4) is 6.07 Å². The van der Waals surface area contributed by atoms with Gasteiger partial charge in [0.1, 0.15) is 5.60 Å². The number of carbonyl (C=O) groups excluding carboxylic acids is 1. The highest BCUT2D eigenvalue weighted by Gasteiger charge is 2.23. The number of esters is 1. The van der Waals surface area contributed by atoms with Crippen LogP contribution in [0.1, 0.15) is 34.1 Å². The van der Waals surface area contributed by atoms with Gasteiger partial charge in [-0.25, -0.2) is 0 Å². The van der Waals surface area contributed by atoms with Gasteiger partial charge in [-0.05, 0) is 13.8 Å². The molecule has 0 aromatic heterocycles. The molecule has 0 amide bonds. The molecule has 0 unspecified atom stereocenters. The van der Waals surface area contributed by atoms with E-state index in [0.717, 1.165) is 0 Å². The van der Waals surface area contributed by atoms with Crippen LogP contribution in [0.3, 0.4) is 0 Å². The van der Waals surface area contributed by atoms with Crippen LogP contribution in [0.2, 0.25) is 0 Å². The summed E-state index contributed by atoms with van der Waals surface area (Å²) in [7, 11) is 0. The van der Waals surface area contributed by atoms with E-state index in [-0.39, 0.29) is 18.3 Å². The van der Waals surface area contributed by atoms with Crippen molar-refractivity contribution in [1.29, 1.82) is 5.26 Å². The molecule has 12 heavy (non-hydrogen) atoms. The average molecular weight is 169 g/mol. The van der Waals surface area contributed by atoms with E-state index in [1.165, 1.54) is 0 Å². The molecule has 0 fully saturated rings. The predicted molar refractivity (Wildman–Crippen MR) is 45.2 cm³/mol. The van der Waals surface area contributed by atoms with Crippen LogP contribution in [0.15, 0.2) is 0 Å². The number of hydrogen-bond donors (Lipinski definition) is 0. The van der Waals surface area contributed by atoms with E-state index in [1.807, 2.05) is 6.07 Å². The third-order valence-corrected chi connectivity index (χ3v) is 1.35. The van der Waals surface area contributed by atoms with Gasteiger partial charge in [0, 0.05) is 0 Å². The van der Waals surface area contributed by atoms with E-state index < -0.39 is 5.60 Å². The minimum Gasteiger partial charge on any atom is -0.458 e. The molecule has 0 saturated carbocycles. The van der Waals surface area contributed by atoms with Gasteiger partial charge in [0.25, 0.3) is 0 Å². The largest absolute Gasteiger partial charge is 0.458 e. The van der Waals surface area contributed by atoms with Gasteiger partial charge in [0.2, 0.25) is 0 Å². The van der Waals surface area contributed by atoms with Gasteiger partial charge in [0.15, 0.2) is 0 Å². The fourth-order valence-corrected chi connectivity index (χ4v) is 0.617. The molecule has 0 rings (SSSR count). The lowest BCUT2D eigenvalue weighted by atomic mass is 10.1. The van der Waals surface area contributed by atoms with Crippen molar-refractivity contribution in [3.05, 3.63) is 0 Å². The summed E-state index contributed by atoms with van der Waals surface area (Å²) in [6.45, 7) is 7.00. The van der Waals surface area contributed by atoms with Crippen LogP contribution in [0.5, 0.6) is 0 Å². The fraction of sp³-hybridized carbons (Fsp3) is 0.778. The van der Waals surface area contributed by atoms with Crippen LogP contribution >= 0.6 is 0 Å². The highest BCUT2D eigenvalue weighted by Crippen LogP contribution is 2.15. The summed E-state index contributed by atoms with van der Waals surface area (Å²) in [6, 6.07) is 1.98. The summed E-state index contributed by atoms with van der Waals surface area (Å²) < 4.78 is 5.08. The monoisotopic (exact) mass is 169 g/mol. The Hall–Kier alpha value is -1.04. The van der Waals surface area contributed by atoms with Crippen molar-refractivity contribution >= 4 is 5.97 Å². The number of carbonyl (C=O) groups is 1. The molecule has 0 aliphatic heterocycles. The van der Waals surface area contributed by atoms with Gasteiger partial charge < -0.3 is 4.74 Å². The summed E-state index contributed by atoms with van der Waals surface area (Å²) in [6.07, 6.45) is 0.228. The molecular weight excluding hydrogens is 154 g/mol. The quantitative estimate of drug-likeness (QED) is 0.606. The van der Waals surface area contributed by atoms with Crippen LogP contribution in [0.4, 0.5) is 0 Å². The van der Waals surface area contributed by atoms with Gasteiger partial charge in [-0.15, -0.1) is 0 Å². The maximum Gasteiger partial charge on any atom is 0.308 e. The molecular formula is C9H15NO2. The predicted octanol–water partition coefficient (Wildman–Crippen LogP) is 1.88. The van der Waals surface area contributed by atoms with Gasteiger partial charge in [-0.3, -0.25) is 4.79 Å². The zero-order chi connectivity index (χ0) is 9.78. The Morgan fingerprint density at radius 3 is 2.42 bits per heavy atom. The third-order valence-electron chi connectivity index (χ3n) is 1.35. The van der Waals surface area contributed by atoms with Crippen molar-refractivity contribution in [2.24, 2.45) is 5.92 Å². The molecule has 3 nitrogen and oxygen atoms in total. The first-order valence-electron chi connectivity index (χ1n) is 3.99. The zero-order valence-corrected chi connectivity index (χ0v) is 8.05. The molecule has 0 bridgehead atoms.